The van der Waals surface area contributed by atoms with E-state index in [2.05, 4.69) is 24.0 Å². The van der Waals surface area contributed by atoms with Crippen molar-refractivity contribution < 1.29 is 4.74 Å². The van der Waals surface area contributed by atoms with Crippen molar-refractivity contribution in [2.45, 2.75) is 57.5 Å². The van der Waals surface area contributed by atoms with E-state index in [4.69, 9.17) is 10.5 Å². The monoisotopic (exact) mass is 288 g/mol. The van der Waals surface area contributed by atoms with Crippen molar-refractivity contribution in [2.75, 3.05) is 18.6 Å². The maximum absolute atomic E-state index is 6.26. The van der Waals surface area contributed by atoms with E-state index in [-0.39, 0.29) is 6.04 Å². The van der Waals surface area contributed by atoms with Gasteiger partial charge in [-0.15, -0.1) is 0 Å². The number of hydrogen-bond donors (Lipinski definition) is 1. The Balaban J connectivity index is 1.98. The van der Waals surface area contributed by atoms with Gasteiger partial charge in [-0.1, -0.05) is 18.9 Å². The van der Waals surface area contributed by atoms with E-state index >= 15 is 0 Å². The lowest BCUT2D eigenvalue weighted by Gasteiger charge is -2.46. The predicted octanol–water partition coefficient (Wildman–Crippen LogP) is 3.87. The summed E-state index contributed by atoms with van der Waals surface area (Å²) >= 11 is 0. The zero-order chi connectivity index (χ0) is 14.8. The molecule has 0 amide bonds. The molecule has 1 aliphatic heterocycles. The molecule has 1 saturated carbocycles. The van der Waals surface area contributed by atoms with E-state index in [0.717, 1.165) is 18.2 Å². The second kappa shape index (κ2) is 6.27. The summed E-state index contributed by atoms with van der Waals surface area (Å²) in [6.07, 6.45) is 8.22. The van der Waals surface area contributed by atoms with Crippen molar-refractivity contribution in [3.63, 3.8) is 0 Å². The van der Waals surface area contributed by atoms with Gasteiger partial charge in [0.15, 0.2) is 0 Å². The van der Waals surface area contributed by atoms with Gasteiger partial charge in [0, 0.05) is 29.9 Å². The van der Waals surface area contributed by atoms with Crippen LogP contribution >= 0.6 is 0 Å². The number of rotatable bonds is 3. The first-order valence-corrected chi connectivity index (χ1v) is 8.41. The lowest BCUT2D eigenvalue weighted by Crippen LogP contribution is -2.47. The Bertz CT molecular complexity index is 484. The fraction of sp³-hybridized carbons (Fsp3) is 0.667. The molecular weight excluding hydrogens is 260 g/mol. The molecule has 2 aliphatic rings. The van der Waals surface area contributed by atoms with E-state index < -0.39 is 0 Å². The lowest BCUT2D eigenvalue weighted by molar-refractivity contribution is 0.243. The second-order valence-corrected chi connectivity index (χ2v) is 6.63. The normalized spacial score (nSPS) is 27.1. The molecule has 0 spiro atoms. The highest BCUT2D eigenvalue weighted by molar-refractivity contribution is 5.61. The van der Waals surface area contributed by atoms with Crippen LogP contribution in [-0.4, -0.2) is 19.7 Å². The summed E-state index contributed by atoms with van der Waals surface area (Å²) in [6, 6.07) is 7.08. The molecule has 3 rings (SSSR count). The molecule has 2 N–H and O–H groups in total. The maximum atomic E-state index is 6.26. The van der Waals surface area contributed by atoms with E-state index in [0.29, 0.717) is 6.04 Å². The SMILES string of the molecule is COc1cccc(N2CCCC3CCCCC32)c1[C@@H](C)N. The molecule has 1 aliphatic carbocycles. The highest BCUT2D eigenvalue weighted by Gasteiger charge is 2.34. The summed E-state index contributed by atoms with van der Waals surface area (Å²) in [5, 5.41) is 0. The van der Waals surface area contributed by atoms with Crippen molar-refractivity contribution in [1.82, 2.24) is 0 Å². The van der Waals surface area contributed by atoms with Crippen LogP contribution in [0.25, 0.3) is 0 Å². The van der Waals surface area contributed by atoms with Gasteiger partial charge in [0.1, 0.15) is 5.75 Å². The first-order valence-electron chi connectivity index (χ1n) is 8.41. The lowest BCUT2D eigenvalue weighted by atomic mass is 9.78. The van der Waals surface area contributed by atoms with Gasteiger partial charge >= 0.3 is 0 Å². The van der Waals surface area contributed by atoms with Crippen LogP contribution in [0.4, 0.5) is 5.69 Å². The molecule has 0 radical (unpaired) electrons. The van der Waals surface area contributed by atoms with Gasteiger partial charge in [-0.25, -0.2) is 0 Å². The number of nitrogens with zero attached hydrogens (tertiary/aromatic N) is 1. The average Bonchev–Trinajstić information content (AvgIpc) is 2.53. The molecule has 1 saturated heterocycles. The Labute approximate surface area is 128 Å². The van der Waals surface area contributed by atoms with Crippen LogP contribution in [0.15, 0.2) is 18.2 Å². The Morgan fingerprint density at radius 2 is 1.95 bits per heavy atom. The van der Waals surface area contributed by atoms with Gasteiger partial charge in [0.2, 0.25) is 0 Å². The maximum Gasteiger partial charge on any atom is 0.125 e. The minimum Gasteiger partial charge on any atom is -0.496 e. The Morgan fingerprint density at radius 1 is 1.19 bits per heavy atom. The minimum absolute atomic E-state index is 0.000108. The van der Waals surface area contributed by atoms with E-state index in [9.17, 15) is 0 Å². The quantitative estimate of drug-likeness (QED) is 0.917. The van der Waals surface area contributed by atoms with Crippen molar-refractivity contribution in [1.29, 1.82) is 0 Å². The molecule has 2 fully saturated rings. The number of anilines is 1. The molecule has 2 unspecified atom stereocenters. The third-order valence-electron chi connectivity index (χ3n) is 5.27. The summed E-state index contributed by atoms with van der Waals surface area (Å²) in [6.45, 7) is 3.22. The van der Waals surface area contributed by atoms with Crippen LogP contribution in [0.2, 0.25) is 0 Å². The fourth-order valence-electron chi connectivity index (χ4n) is 4.34. The van der Waals surface area contributed by atoms with Gasteiger partial charge < -0.3 is 15.4 Å². The number of nitrogens with two attached hydrogens (primary N) is 1. The van der Waals surface area contributed by atoms with Gasteiger partial charge in [0.25, 0.3) is 0 Å². The van der Waals surface area contributed by atoms with E-state index in [1.54, 1.807) is 7.11 Å². The Hall–Kier alpha value is -1.22. The standard InChI is InChI=1S/C18H28N2O/c1-13(19)18-16(10-5-11-17(18)21-2)20-12-6-8-14-7-3-4-9-15(14)20/h5,10-11,13-15H,3-4,6-9,12,19H2,1-2H3/t13-,14?,15?/m1/s1. The number of ether oxygens (including phenoxy) is 1. The second-order valence-electron chi connectivity index (χ2n) is 6.63. The smallest absolute Gasteiger partial charge is 0.125 e. The number of hydrogen-bond acceptors (Lipinski definition) is 3. The predicted molar refractivity (Wildman–Crippen MR) is 87.9 cm³/mol. The van der Waals surface area contributed by atoms with Crippen molar-refractivity contribution in [3.8, 4) is 5.75 Å². The summed E-state index contributed by atoms with van der Waals surface area (Å²) in [5.41, 5.74) is 8.74. The van der Waals surface area contributed by atoms with Crippen molar-refractivity contribution in [2.24, 2.45) is 11.7 Å². The third kappa shape index (κ3) is 2.76. The van der Waals surface area contributed by atoms with Gasteiger partial charge in [0.05, 0.1) is 7.11 Å². The average molecular weight is 288 g/mol. The first-order chi connectivity index (χ1) is 10.2. The Morgan fingerprint density at radius 3 is 2.71 bits per heavy atom. The van der Waals surface area contributed by atoms with Crippen LogP contribution in [-0.2, 0) is 0 Å². The van der Waals surface area contributed by atoms with Crippen molar-refractivity contribution in [3.05, 3.63) is 23.8 Å². The summed E-state index contributed by atoms with van der Waals surface area (Å²) < 4.78 is 5.57. The van der Waals surface area contributed by atoms with Crippen molar-refractivity contribution >= 4 is 5.69 Å². The van der Waals surface area contributed by atoms with Gasteiger partial charge in [-0.3, -0.25) is 0 Å². The summed E-state index contributed by atoms with van der Waals surface area (Å²) in [4.78, 5) is 2.63. The molecule has 0 bridgehead atoms. The summed E-state index contributed by atoms with van der Waals surface area (Å²) in [5.74, 6) is 1.81. The molecule has 1 aromatic rings. The molecule has 3 nitrogen and oxygen atoms in total. The van der Waals surface area contributed by atoms with Gasteiger partial charge in [-0.2, -0.15) is 0 Å². The molecule has 1 aromatic carbocycles. The van der Waals surface area contributed by atoms with Crippen LogP contribution in [0.5, 0.6) is 5.75 Å². The van der Waals surface area contributed by atoms with Crippen LogP contribution in [0, 0.1) is 5.92 Å². The highest BCUT2D eigenvalue weighted by atomic mass is 16.5. The Kier molecular flexibility index (Phi) is 4.39. The zero-order valence-corrected chi connectivity index (χ0v) is 13.3. The molecule has 116 valence electrons. The molecule has 0 aromatic heterocycles. The number of methoxy groups -OCH3 is 1. The number of benzene rings is 1. The molecule has 3 heteroatoms. The van der Waals surface area contributed by atoms with Crippen LogP contribution < -0.4 is 15.4 Å². The third-order valence-corrected chi connectivity index (χ3v) is 5.27. The van der Waals surface area contributed by atoms with E-state index in [1.165, 1.54) is 49.8 Å². The number of fused-ring (bicyclic) bond motifs is 1. The molecular formula is C18H28N2O. The largest absolute Gasteiger partial charge is 0.496 e. The van der Waals surface area contributed by atoms with Crippen LogP contribution in [0.3, 0.4) is 0 Å². The highest BCUT2D eigenvalue weighted by Crippen LogP contribution is 2.41. The van der Waals surface area contributed by atoms with E-state index in [1.807, 2.05) is 6.07 Å². The molecule has 1 heterocycles. The minimum atomic E-state index is 0.000108. The molecule has 21 heavy (non-hydrogen) atoms. The number of piperidine rings is 1. The first kappa shape index (κ1) is 14.7. The summed E-state index contributed by atoms with van der Waals surface area (Å²) in [7, 11) is 1.74. The topological polar surface area (TPSA) is 38.5 Å². The van der Waals surface area contributed by atoms with Crippen LogP contribution in [0.1, 0.15) is 57.1 Å². The zero-order valence-electron chi connectivity index (χ0n) is 13.3. The van der Waals surface area contributed by atoms with Gasteiger partial charge in [-0.05, 0) is 50.7 Å². The molecule has 3 atom stereocenters. The fourth-order valence-corrected chi connectivity index (χ4v) is 4.34.